The van der Waals surface area contributed by atoms with Crippen molar-refractivity contribution in [3.8, 4) is 40.2 Å². The molecule has 0 bridgehead atoms. The second-order valence-electron chi connectivity index (χ2n) is 11.2. The molecule has 1 aliphatic rings. The maximum Gasteiger partial charge on any atom is 0.306 e. The molecule has 2 N–H and O–H groups in total. The standard InChI is InChI=1S/C36H39NO11/c1-42-28-13-21-10-11-37(33(25(21)17-29(28)43-2)22-14-30(44-3)36(47-6)31(15-22)45-4)19-24-16-27(39)34(41)35(48-24)26(18-32(40)46-5)20-8-7-9-23(38)12-20/h7-9,12-17,26,33,38,41H,10-11,18-19H2,1-6H3/t26-,33+/m1/s1. The van der Waals surface area contributed by atoms with Crippen molar-refractivity contribution in [3.05, 3.63) is 98.6 Å². The van der Waals surface area contributed by atoms with Crippen molar-refractivity contribution in [1.29, 1.82) is 0 Å². The van der Waals surface area contributed by atoms with Crippen molar-refractivity contribution in [2.45, 2.75) is 31.3 Å². The second-order valence-corrected chi connectivity index (χ2v) is 11.2. The number of hydrogen-bond donors (Lipinski definition) is 2. The van der Waals surface area contributed by atoms with E-state index in [1.54, 1.807) is 40.6 Å². The average Bonchev–Trinajstić information content (AvgIpc) is 3.10. The van der Waals surface area contributed by atoms with E-state index in [0.717, 1.165) is 16.7 Å². The Balaban J connectivity index is 1.65. The van der Waals surface area contributed by atoms with Gasteiger partial charge in [-0.1, -0.05) is 12.1 Å². The highest BCUT2D eigenvalue weighted by Crippen LogP contribution is 2.46. The van der Waals surface area contributed by atoms with Crippen LogP contribution in [0.3, 0.4) is 0 Å². The van der Waals surface area contributed by atoms with Crippen LogP contribution in [0.5, 0.6) is 40.2 Å². The molecule has 0 aliphatic carbocycles. The van der Waals surface area contributed by atoms with Crippen LogP contribution in [-0.2, 0) is 22.5 Å². The molecule has 5 rings (SSSR count). The molecule has 0 radical (unpaired) electrons. The van der Waals surface area contributed by atoms with Crippen molar-refractivity contribution in [3.63, 3.8) is 0 Å². The van der Waals surface area contributed by atoms with Crippen LogP contribution in [0, 0.1) is 0 Å². The highest BCUT2D eigenvalue weighted by molar-refractivity contribution is 5.71. The Morgan fingerprint density at radius 1 is 0.875 bits per heavy atom. The van der Waals surface area contributed by atoms with Crippen LogP contribution < -0.4 is 29.1 Å². The maximum atomic E-state index is 13.2. The van der Waals surface area contributed by atoms with Crippen molar-refractivity contribution >= 4 is 5.97 Å². The summed E-state index contributed by atoms with van der Waals surface area (Å²) in [4.78, 5) is 27.8. The molecular formula is C36H39NO11. The number of hydrogen-bond acceptors (Lipinski definition) is 12. The van der Waals surface area contributed by atoms with Gasteiger partial charge in [0.15, 0.2) is 28.8 Å². The summed E-state index contributed by atoms with van der Waals surface area (Å²) in [5, 5.41) is 21.1. The van der Waals surface area contributed by atoms with E-state index in [1.807, 2.05) is 24.3 Å². The van der Waals surface area contributed by atoms with Gasteiger partial charge in [0.1, 0.15) is 11.5 Å². The second kappa shape index (κ2) is 14.6. The Morgan fingerprint density at radius 2 is 1.54 bits per heavy atom. The minimum absolute atomic E-state index is 0.0485. The minimum Gasteiger partial charge on any atom is -0.508 e. The average molecular weight is 662 g/mol. The Labute approximate surface area is 277 Å². The first-order valence-corrected chi connectivity index (χ1v) is 15.2. The Bertz CT molecular complexity index is 1830. The fraction of sp³-hybridized carbons (Fsp3) is 0.333. The maximum absolute atomic E-state index is 13.2. The number of methoxy groups -OCH3 is 6. The molecule has 0 unspecified atom stereocenters. The molecule has 0 spiro atoms. The normalized spacial score (nSPS) is 14.8. The number of esters is 1. The van der Waals surface area contributed by atoms with E-state index in [4.69, 9.17) is 32.8 Å². The van der Waals surface area contributed by atoms with E-state index < -0.39 is 29.1 Å². The number of phenols is 1. The first kappa shape index (κ1) is 34.0. The molecule has 0 saturated heterocycles. The van der Waals surface area contributed by atoms with Gasteiger partial charge < -0.3 is 43.1 Å². The van der Waals surface area contributed by atoms with Crippen molar-refractivity contribution in [2.24, 2.45) is 0 Å². The molecule has 1 aromatic heterocycles. The summed E-state index contributed by atoms with van der Waals surface area (Å²) >= 11 is 0. The van der Waals surface area contributed by atoms with Gasteiger partial charge in [-0.2, -0.15) is 0 Å². The number of phenolic OH excluding ortho intramolecular Hbond substituents is 1. The van der Waals surface area contributed by atoms with Crippen LogP contribution in [0.4, 0.5) is 0 Å². The van der Waals surface area contributed by atoms with Crippen LogP contribution >= 0.6 is 0 Å². The third-order valence-corrected chi connectivity index (χ3v) is 8.52. The molecule has 2 heterocycles. The first-order chi connectivity index (χ1) is 23.1. The summed E-state index contributed by atoms with van der Waals surface area (Å²) in [5.41, 5.74) is 2.56. The summed E-state index contributed by atoms with van der Waals surface area (Å²) in [6.45, 7) is 0.685. The molecule has 2 atom stereocenters. The molecule has 12 heteroatoms. The van der Waals surface area contributed by atoms with E-state index in [1.165, 1.54) is 32.4 Å². The molecule has 254 valence electrons. The highest BCUT2D eigenvalue weighted by atomic mass is 16.5. The predicted octanol–water partition coefficient (Wildman–Crippen LogP) is 4.94. The van der Waals surface area contributed by atoms with Crippen LogP contribution in [0.1, 0.15) is 52.2 Å². The Hall–Kier alpha value is -5.36. The van der Waals surface area contributed by atoms with Gasteiger partial charge in [-0.15, -0.1) is 0 Å². The lowest BCUT2D eigenvalue weighted by atomic mass is 9.87. The van der Waals surface area contributed by atoms with Gasteiger partial charge in [-0.3, -0.25) is 14.5 Å². The smallest absolute Gasteiger partial charge is 0.306 e. The topological polar surface area (TPSA) is 146 Å². The lowest BCUT2D eigenvalue weighted by Crippen LogP contribution is -2.36. The third kappa shape index (κ3) is 6.70. The first-order valence-electron chi connectivity index (χ1n) is 15.2. The van der Waals surface area contributed by atoms with Gasteiger partial charge in [-0.25, -0.2) is 0 Å². The molecule has 48 heavy (non-hydrogen) atoms. The van der Waals surface area contributed by atoms with Gasteiger partial charge in [0, 0.05) is 12.6 Å². The highest BCUT2D eigenvalue weighted by Gasteiger charge is 2.34. The van der Waals surface area contributed by atoms with Gasteiger partial charge >= 0.3 is 5.97 Å². The van der Waals surface area contributed by atoms with Crippen LogP contribution in [0.25, 0.3) is 0 Å². The molecule has 0 amide bonds. The Kier molecular flexibility index (Phi) is 10.3. The molecule has 3 aromatic carbocycles. The van der Waals surface area contributed by atoms with E-state index >= 15 is 0 Å². The zero-order valence-electron chi connectivity index (χ0n) is 27.7. The number of rotatable bonds is 12. The SMILES string of the molecule is COC(=O)C[C@H](c1cccc(O)c1)c1oc(CN2CCc3cc(OC)c(OC)cc3[C@@H]2c2cc(OC)c(OC)c(OC)c2)cc(=O)c1O. The fourth-order valence-electron chi connectivity index (χ4n) is 6.24. The molecule has 1 aliphatic heterocycles. The monoisotopic (exact) mass is 661 g/mol. The van der Waals surface area contributed by atoms with Crippen LogP contribution in [0.2, 0.25) is 0 Å². The lowest BCUT2D eigenvalue weighted by Gasteiger charge is -2.38. The zero-order valence-corrected chi connectivity index (χ0v) is 27.7. The number of benzene rings is 3. The van der Waals surface area contributed by atoms with Crippen molar-refractivity contribution < 1.29 is 47.8 Å². The third-order valence-electron chi connectivity index (χ3n) is 8.52. The lowest BCUT2D eigenvalue weighted by molar-refractivity contribution is -0.140. The number of carbonyl (C=O) groups excluding carboxylic acids is 1. The molecule has 4 aromatic rings. The van der Waals surface area contributed by atoms with Gasteiger partial charge in [0.25, 0.3) is 0 Å². The summed E-state index contributed by atoms with van der Waals surface area (Å²) in [7, 11) is 9.04. The van der Waals surface area contributed by atoms with E-state index in [-0.39, 0.29) is 30.2 Å². The minimum atomic E-state index is -0.915. The summed E-state index contributed by atoms with van der Waals surface area (Å²) in [6.07, 6.45) is 0.396. The van der Waals surface area contributed by atoms with Gasteiger partial charge in [0.2, 0.25) is 16.9 Å². The van der Waals surface area contributed by atoms with Crippen LogP contribution in [0.15, 0.2) is 63.8 Å². The molecule has 0 saturated carbocycles. The Morgan fingerprint density at radius 3 is 2.15 bits per heavy atom. The van der Waals surface area contributed by atoms with Gasteiger partial charge in [-0.05, 0) is 65.1 Å². The quantitative estimate of drug-likeness (QED) is 0.198. The largest absolute Gasteiger partial charge is 0.508 e. The number of carbonyl (C=O) groups is 1. The fourth-order valence-corrected chi connectivity index (χ4v) is 6.24. The number of ether oxygens (including phenoxy) is 6. The zero-order chi connectivity index (χ0) is 34.5. The van der Waals surface area contributed by atoms with Crippen molar-refractivity contribution in [1.82, 2.24) is 4.90 Å². The van der Waals surface area contributed by atoms with E-state index in [9.17, 15) is 19.8 Å². The van der Waals surface area contributed by atoms with E-state index in [2.05, 4.69) is 4.90 Å². The molecular weight excluding hydrogens is 622 g/mol. The number of nitrogens with zero attached hydrogens (tertiary/aromatic N) is 1. The predicted molar refractivity (Wildman–Crippen MR) is 175 cm³/mol. The van der Waals surface area contributed by atoms with E-state index in [0.29, 0.717) is 47.3 Å². The summed E-state index contributed by atoms with van der Waals surface area (Å²) < 4.78 is 39.4. The molecule has 0 fully saturated rings. The van der Waals surface area contributed by atoms with Crippen LogP contribution in [-0.4, -0.2) is 70.3 Å². The number of fused-ring (bicyclic) bond motifs is 1. The number of aromatic hydroxyl groups is 2. The van der Waals surface area contributed by atoms with Crippen molar-refractivity contribution in [2.75, 3.05) is 49.2 Å². The van der Waals surface area contributed by atoms with Gasteiger partial charge in [0.05, 0.1) is 67.6 Å². The summed E-state index contributed by atoms with van der Waals surface area (Å²) in [5.74, 6) is 0.492. The molecule has 12 nitrogen and oxygen atoms in total. The summed E-state index contributed by atoms with van der Waals surface area (Å²) in [6, 6.07) is 14.7.